The van der Waals surface area contributed by atoms with E-state index in [1.165, 1.54) is 0 Å². The Balaban J connectivity index is 1.90. The van der Waals surface area contributed by atoms with Crippen LogP contribution in [0.15, 0.2) is 52.1 Å². The third kappa shape index (κ3) is 6.88. The zero-order valence-corrected chi connectivity index (χ0v) is 15.2. The Morgan fingerprint density at radius 1 is 1.12 bits per heavy atom. The molecule has 1 heterocycles. The van der Waals surface area contributed by atoms with Gasteiger partial charge in [0.05, 0.1) is 19.4 Å². The number of hydrogen-bond donors (Lipinski definition) is 3. The van der Waals surface area contributed by atoms with E-state index in [0.717, 1.165) is 17.9 Å². The fraction of sp³-hybridized carbons (Fsp3) is 0.368. The van der Waals surface area contributed by atoms with Gasteiger partial charge in [0.1, 0.15) is 11.5 Å². The summed E-state index contributed by atoms with van der Waals surface area (Å²) in [4.78, 5) is 16.0. The first kappa shape index (κ1) is 19.4. The summed E-state index contributed by atoms with van der Waals surface area (Å²) in [6, 6.07) is 11.3. The second-order valence-electron chi connectivity index (χ2n) is 5.52. The van der Waals surface area contributed by atoms with Gasteiger partial charge in [-0.05, 0) is 43.7 Å². The molecule has 3 N–H and O–H groups in total. The molecule has 0 atom stereocenters. The molecule has 2 aromatic rings. The third-order valence-corrected chi connectivity index (χ3v) is 3.42. The highest BCUT2D eigenvalue weighted by Crippen LogP contribution is 2.14. The van der Waals surface area contributed by atoms with Gasteiger partial charge >= 0.3 is 0 Å². The highest BCUT2D eigenvalue weighted by Gasteiger charge is 2.03. The fourth-order valence-electron chi connectivity index (χ4n) is 2.23. The number of hydrogen-bond acceptors (Lipinski definition) is 4. The van der Waals surface area contributed by atoms with Gasteiger partial charge in [0, 0.05) is 13.1 Å². The number of benzene rings is 1. The molecule has 1 aromatic heterocycles. The van der Waals surface area contributed by atoms with E-state index in [4.69, 9.17) is 9.15 Å². The molecule has 0 saturated carbocycles. The summed E-state index contributed by atoms with van der Waals surface area (Å²) in [5.74, 6) is 2.07. The number of carbonyl (C=O) groups is 1. The van der Waals surface area contributed by atoms with Crippen molar-refractivity contribution in [3.05, 3.63) is 54.0 Å². The molecule has 140 valence electrons. The number of carbonyl (C=O) groups excluding carboxylic acids is 1. The molecule has 1 amide bonds. The third-order valence-electron chi connectivity index (χ3n) is 3.42. The largest absolute Gasteiger partial charge is 0.484 e. The smallest absolute Gasteiger partial charge is 0.257 e. The molecule has 0 spiro atoms. The Hall–Kier alpha value is -2.96. The van der Waals surface area contributed by atoms with E-state index in [-0.39, 0.29) is 12.5 Å². The van der Waals surface area contributed by atoms with Crippen LogP contribution in [-0.4, -0.2) is 31.6 Å². The van der Waals surface area contributed by atoms with Gasteiger partial charge in [0.15, 0.2) is 12.6 Å². The van der Waals surface area contributed by atoms with E-state index in [9.17, 15) is 4.79 Å². The first-order valence-electron chi connectivity index (χ1n) is 8.74. The predicted octanol–water partition coefficient (Wildman–Crippen LogP) is 2.05. The molecule has 0 saturated heterocycles. The SMILES string of the molecule is CCNC(=O)COc1cccc(CN=C(NCC)NCc2ccco2)c1. The lowest BCUT2D eigenvalue weighted by Gasteiger charge is -2.11. The average molecular weight is 358 g/mol. The lowest BCUT2D eigenvalue weighted by atomic mass is 10.2. The van der Waals surface area contributed by atoms with E-state index < -0.39 is 0 Å². The number of likely N-dealkylation sites (N-methyl/N-ethyl adjacent to an activating group) is 1. The molecule has 7 nitrogen and oxygen atoms in total. The lowest BCUT2D eigenvalue weighted by Crippen LogP contribution is -2.36. The summed E-state index contributed by atoms with van der Waals surface area (Å²) in [5.41, 5.74) is 0.994. The van der Waals surface area contributed by atoms with E-state index in [1.807, 2.05) is 50.2 Å². The number of furan rings is 1. The number of nitrogens with one attached hydrogen (secondary N) is 3. The first-order chi connectivity index (χ1) is 12.7. The van der Waals surface area contributed by atoms with Crippen LogP contribution in [0, 0.1) is 0 Å². The molecule has 0 fully saturated rings. The van der Waals surface area contributed by atoms with Crippen LogP contribution in [0.5, 0.6) is 5.75 Å². The van der Waals surface area contributed by atoms with Gasteiger partial charge in [-0.25, -0.2) is 4.99 Å². The van der Waals surface area contributed by atoms with E-state index in [2.05, 4.69) is 20.9 Å². The van der Waals surface area contributed by atoms with Crippen molar-refractivity contribution in [3.8, 4) is 5.75 Å². The van der Waals surface area contributed by atoms with Crippen molar-refractivity contribution in [1.29, 1.82) is 0 Å². The van der Waals surface area contributed by atoms with E-state index in [0.29, 0.717) is 31.3 Å². The van der Waals surface area contributed by atoms with Crippen LogP contribution in [0.4, 0.5) is 0 Å². The number of aliphatic imine (C=N–C) groups is 1. The standard InChI is InChI=1S/C19H26N4O3/c1-3-20-18(24)14-26-16-8-5-7-15(11-16)12-22-19(21-4-2)23-13-17-9-6-10-25-17/h5-11H,3-4,12-14H2,1-2H3,(H,20,24)(H2,21,22,23). The second kappa shape index (κ2) is 10.8. The zero-order chi connectivity index (χ0) is 18.6. The maximum absolute atomic E-state index is 11.5. The Kier molecular flexibility index (Phi) is 8.05. The normalized spacial score (nSPS) is 11.1. The molecule has 1 aromatic carbocycles. The lowest BCUT2D eigenvalue weighted by molar-refractivity contribution is -0.122. The average Bonchev–Trinajstić information content (AvgIpc) is 3.16. The summed E-state index contributed by atoms with van der Waals surface area (Å²) in [5, 5.41) is 9.12. The minimum absolute atomic E-state index is 0.00784. The summed E-state index contributed by atoms with van der Waals surface area (Å²) < 4.78 is 10.8. The maximum atomic E-state index is 11.5. The quantitative estimate of drug-likeness (QED) is 0.472. The number of guanidine groups is 1. The van der Waals surface area contributed by atoms with Gasteiger partial charge in [-0.1, -0.05) is 12.1 Å². The van der Waals surface area contributed by atoms with Crippen molar-refractivity contribution < 1.29 is 13.9 Å². The molecular weight excluding hydrogens is 332 g/mol. The minimum Gasteiger partial charge on any atom is -0.484 e. The van der Waals surface area contributed by atoms with E-state index >= 15 is 0 Å². The van der Waals surface area contributed by atoms with Crippen LogP contribution in [0.3, 0.4) is 0 Å². The Labute approximate surface area is 153 Å². The molecule has 0 aliphatic carbocycles. The summed E-state index contributed by atoms with van der Waals surface area (Å²) >= 11 is 0. The number of ether oxygens (including phenoxy) is 1. The minimum atomic E-state index is -0.132. The molecular formula is C19H26N4O3. The molecule has 0 radical (unpaired) electrons. The van der Waals surface area contributed by atoms with Gasteiger partial charge in [-0.15, -0.1) is 0 Å². The van der Waals surface area contributed by atoms with Crippen molar-refractivity contribution in [3.63, 3.8) is 0 Å². The highest BCUT2D eigenvalue weighted by molar-refractivity contribution is 5.79. The van der Waals surface area contributed by atoms with Crippen LogP contribution in [0.1, 0.15) is 25.2 Å². The van der Waals surface area contributed by atoms with Crippen molar-refractivity contribution in [2.75, 3.05) is 19.7 Å². The molecule has 0 aliphatic rings. The summed E-state index contributed by atoms with van der Waals surface area (Å²) in [6.45, 7) is 6.31. The van der Waals surface area contributed by atoms with Crippen LogP contribution < -0.4 is 20.7 Å². The molecule has 26 heavy (non-hydrogen) atoms. The van der Waals surface area contributed by atoms with Crippen LogP contribution in [0.2, 0.25) is 0 Å². The van der Waals surface area contributed by atoms with Crippen LogP contribution in [0.25, 0.3) is 0 Å². The maximum Gasteiger partial charge on any atom is 0.257 e. The highest BCUT2D eigenvalue weighted by atomic mass is 16.5. The fourth-order valence-corrected chi connectivity index (χ4v) is 2.23. The number of rotatable bonds is 9. The molecule has 7 heteroatoms. The van der Waals surface area contributed by atoms with Gasteiger partial charge < -0.3 is 25.1 Å². The topological polar surface area (TPSA) is 87.9 Å². The monoisotopic (exact) mass is 358 g/mol. The second-order valence-corrected chi connectivity index (χ2v) is 5.52. The Bertz CT molecular complexity index is 699. The van der Waals surface area contributed by atoms with Crippen LogP contribution >= 0.6 is 0 Å². The van der Waals surface area contributed by atoms with Gasteiger partial charge in [0.25, 0.3) is 5.91 Å². The number of amides is 1. The van der Waals surface area contributed by atoms with Crippen molar-refractivity contribution >= 4 is 11.9 Å². The molecule has 2 rings (SSSR count). The Morgan fingerprint density at radius 2 is 1.96 bits per heavy atom. The molecule has 0 aliphatic heterocycles. The van der Waals surface area contributed by atoms with Crippen molar-refractivity contribution in [1.82, 2.24) is 16.0 Å². The zero-order valence-electron chi connectivity index (χ0n) is 15.2. The molecule has 0 bridgehead atoms. The predicted molar refractivity (Wildman–Crippen MR) is 101 cm³/mol. The van der Waals surface area contributed by atoms with Crippen molar-refractivity contribution in [2.45, 2.75) is 26.9 Å². The van der Waals surface area contributed by atoms with Gasteiger partial charge in [-0.2, -0.15) is 0 Å². The Morgan fingerprint density at radius 3 is 2.69 bits per heavy atom. The molecule has 0 unspecified atom stereocenters. The van der Waals surface area contributed by atoms with Gasteiger partial charge in [-0.3, -0.25) is 4.79 Å². The first-order valence-corrected chi connectivity index (χ1v) is 8.74. The summed E-state index contributed by atoms with van der Waals surface area (Å²) in [6.07, 6.45) is 1.65. The van der Waals surface area contributed by atoms with Gasteiger partial charge in [0.2, 0.25) is 0 Å². The summed E-state index contributed by atoms with van der Waals surface area (Å²) in [7, 11) is 0. The van der Waals surface area contributed by atoms with E-state index in [1.54, 1.807) is 6.26 Å². The number of nitrogens with zero attached hydrogens (tertiary/aromatic N) is 1. The van der Waals surface area contributed by atoms with Crippen molar-refractivity contribution in [2.24, 2.45) is 4.99 Å². The van der Waals surface area contributed by atoms with Crippen LogP contribution in [-0.2, 0) is 17.9 Å².